The van der Waals surface area contributed by atoms with E-state index in [1.165, 1.54) is 55.7 Å². The summed E-state index contributed by atoms with van der Waals surface area (Å²) in [5.74, 6) is -0.201. The summed E-state index contributed by atoms with van der Waals surface area (Å²) in [6.45, 7) is 34.0. The number of pyridine rings is 1. The van der Waals surface area contributed by atoms with E-state index in [4.69, 9.17) is 5.26 Å². The fourth-order valence-electron chi connectivity index (χ4n) is 3.45. The Kier molecular flexibility index (Phi) is 40.4. The van der Waals surface area contributed by atoms with Crippen molar-refractivity contribution in [1.29, 1.82) is 5.26 Å². The monoisotopic (exact) mass is 633 g/mol. The number of benzene rings is 1. The van der Waals surface area contributed by atoms with Gasteiger partial charge < -0.3 is 0 Å². The molecule has 1 unspecified atom stereocenters. The van der Waals surface area contributed by atoms with Gasteiger partial charge in [-0.3, -0.25) is 4.98 Å². The van der Waals surface area contributed by atoms with Crippen molar-refractivity contribution in [2.24, 2.45) is 5.92 Å². The van der Waals surface area contributed by atoms with Gasteiger partial charge in [-0.1, -0.05) is 142 Å². The number of allylic oxidation sites excluding steroid dienone is 7. The number of nitriles is 1. The molecular formula is C43H69FN2. The van der Waals surface area contributed by atoms with Crippen molar-refractivity contribution in [3.05, 3.63) is 120 Å². The number of nitrogens with zero attached hydrogens (tertiary/aromatic N) is 2. The lowest BCUT2D eigenvalue weighted by Gasteiger charge is -2.05. The second kappa shape index (κ2) is 37.7. The maximum absolute atomic E-state index is 12.5. The zero-order chi connectivity index (χ0) is 36.2. The lowest BCUT2D eigenvalue weighted by molar-refractivity contribution is 0.625. The molecule has 0 aliphatic carbocycles. The van der Waals surface area contributed by atoms with Gasteiger partial charge in [-0.2, -0.15) is 5.26 Å². The summed E-state index contributed by atoms with van der Waals surface area (Å²) < 4.78 is 12.5. The van der Waals surface area contributed by atoms with Gasteiger partial charge in [-0.25, -0.2) is 4.39 Å². The highest BCUT2D eigenvalue weighted by molar-refractivity contribution is 5.70. The molecule has 0 bridgehead atoms. The van der Waals surface area contributed by atoms with Crippen LogP contribution in [0.5, 0.6) is 0 Å². The van der Waals surface area contributed by atoms with E-state index >= 15 is 0 Å². The summed E-state index contributed by atoms with van der Waals surface area (Å²) in [6.07, 6.45) is 20.0. The van der Waals surface area contributed by atoms with Gasteiger partial charge in [-0.15, -0.1) is 13.2 Å². The molecule has 0 N–H and O–H groups in total. The average molecular weight is 633 g/mol. The molecule has 1 atom stereocenters. The van der Waals surface area contributed by atoms with Crippen LogP contribution >= 0.6 is 0 Å². The van der Waals surface area contributed by atoms with Crippen LogP contribution in [0.2, 0.25) is 0 Å². The van der Waals surface area contributed by atoms with E-state index in [0.717, 1.165) is 41.8 Å². The van der Waals surface area contributed by atoms with Crippen molar-refractivity contribution in [2.45, 2.75) is 134 Å². The SMILES string of the molecule is C=C(/C=C\C=C/C(C)C#N)c1ccc(C)c(CC)n1.C=C(C)CCCC.C=CCCCC.CC.CC.CCCc1cccc(F)c1. The molecule has 0 spiro atoms. The van der Waals surface area contributed by atoms with Gasteiger partial charge in [0.05, 0.1) is 17.7 Å². The van der Waals surface area contributed by atoms with E-state index in [9.17, 15) is 4.39 Å². The zero-order valence-electron chi connectivity index (χ0n) is 31.7. The second-order valence-electron chi connectivity index (χ2n) is 10.4. The number of unbranched alkanes of at least 4 members (excludes halogenated alkanes) is 3. The standard InChI is InChI=1S/C17H20N2.C9H11F.C7H14.C6H12.2C2H6/c1-5-16-15(4)10-11-17(19-16)14(3)9-7-6-8-13(2)12-18;1-2-4-8-5-3-6-9(10)7-8;1-4-5-6-7(2)3;1-3-5-6-4-2;2*1-2/h6-11,13H,3,5H2,1-2,4H3;3,5-7H,2,4H2,1H3;2,4-6H2,1,3H3;3H,1,4-6H2,2H3;2*1-2H3/b8-6-,9-7-;;;;;. The summed E-state index contributed by atoms with van der Waals surface area (Å²) >= 11 is 0. The maximum Gasteiger partial charge on any atom is 0.123 e. The van der Waals surface area contributed by atoms with Gasteiger partial charge in [0.1, 0.15) is 5.82 Å². The molecule has 0 aliphatic heterocycles. The van der Waals surface area contributed by atoms with Crippen LogP contribution in [0.1, 0.15) is 137 Å². The Hall–Kier alpha value is -3.51. The van der Waals surface area contributed by atoms with Crippen LogP contribution in [0.15, 0.2) is 92.1 Å². The van der Waals surface area contributed by atoms with E-state index in [1.807, 2.05) is 77.1 Å². The first kappa shape index (κ1) is 49.4. The van der Waals surface area contributed by atoms with Gasteiger partial charge in [0, 0.05) is 5.69 Å². The first-order valence-corrected chi connectivity index (χ1v) is 17.5. The normalized spacial score (nSPS) is 10.1. The van der Waals surface area contributed by atoms with Gasteiger partial charge in [0.2, 0.25) is 0 Å². The van der Waals surface area contributed by atoms with Gasteiger partial charge >= 0.3 is 0 Å². The Balaban J connectivity index is -0.000000274. The Bertz CT molecular complexity index is 1120. The minimum Gasteiger partial charge on any atom is -0.253 e. The van der Waals surface area contributed by atoms with Crippen molar-refractivity contribution >= 4 is 5.57 Å². The molecule has 0 amide bonds. The summed E-state index contributed by atoms with van der Waals surface area (Å²) in [6, 6.07) is 13.0. The molecule has 46 heavy (non-hydrogen) atoms. The predicted octanol–water partition coefficient (Wildman–Crippen LogP) is 14.2. The van der Waals surface area contributed by atoms with Crippen LogP contribution < -0.4 is 0 Å². The number of rotatable bonds is 13. The minimum absolute atomic E-state index is 0.0675. The third kappa shape index (κ3) is 31.9. The lowest BCUT2D eigenvalue weighted by atomic mass is 10.1. The molecule has 1 aromatic carbocycles. The maximum atomic E-state index is 12.5. The van der Waals surface area contributed by atoms with Crippen molar-refractivity contribution in [3.63, 3.8) is 0 Å². The molecule has 1 aromatic heterocycles. The second-order valence-corrected chi connectivity index (χ2v) is 10.4. The first-order valence-electron chi connectivity index (χ1n) is 17.5. The highest BCUT2D eigenvalue weighted by Gasteiger charge is 2.01. The summed E-state index contributed by atoms with van der Waals surface area (Å²) in [5.41, 5.74) is 6.50. The average Bonchev–Trinajstić information content (AvgIpc) is 3.07. The molecule has 0 radical (unpaired) electrons. The van der Waals surface area contributed by atoms with E-state index in [-0.39, 0.29) is 11.7 Å². The molecular weight excluding hydrogens is 563 g/mol. The molecule has 0 saturated carbocycles. The number of hydrogen-bond acceptors (Lipinski definition) is 2. The molecule has 0 aliphatic rings. The highest BCUT2D eigenvalue weighted by Crippen LogP contribution is 2.15. The van der Waals surface area contributed by atoms with E-state index in [0.29, 0.717) is 0 Å². The van der Waals surface area contributed by atoms with E-state index in [2.05, 4.69) is 78.4 Å². The Morgan fingerprint density at radius 1 is 0.957 bits per heavy atom. The van der Waals surface area contributed by atoms with Crippen molar-refractivity contribution in [3.8, 4) is 6.07 Å². The first-order chi connectivity index (χ1) is 22.1. The van der Waals surface area contributed by atoms with Gasteiger partial charge in [0.25, 0.3) is 0 Å². The van der Waals surface area contributed by atoms with Gasteiger partial charge in [-0.05, 0) is 87.8 Å². The molecule has 2 aromatic rings. The van der Waals surface area contributed by atoms with Crippen LogP contribution in [0, 0.1) is 30.0 Å². The Morgan fingerprint density at radius 3 is 2.02 bits per heavy atom. The third-order valence-corrected chi connectivity index (χ3v) is 6.02. The van der Waals surface area contributed by atoms with Crippen LogP contribution in [-0.2, 0) is 12.8 Å². The van der Waals surface area contributed by atoms with Crippen LogP contribution in [-0.4, -0.2) is 4.98 Å². The Labute approximate surface area is 286 Å². The number of aryl methyl sites for hydroxylation is 3. The van der Waals surface area contributed by atoms with Crippen LogP contribution in [0.3, 0.4) is 0 Å². The molecule has 2 nitrogen and oxygen atoms in total. The molecule has 258 valence electrons. The fourth-order valence-corrected chi connectivity index (χ4v) is 3.45. The predicted molar refractivity (Wildman–Crippen MR) is 208 cm³/mol. The largest absolute Gasteiger partial charge is 0.253 e. The quantitative estimate of drug-likeness (QED) is 0.125. The van der Waals surface area contributed by atoms with E-state index in [1.54, 1.807) is 12.1 Å². The molecule has 2 rings (SSSR count). The summed E-state index contributed by atoms with van der Waals surface area (Å²) in [4.78, 5) is 4.59. The number of aromatic nitrogens is 1. The summed E-state index contributed by atoms with van der Waals surface area (Å²) in [5, 5.41) is 8.65. The van der Waals surface area contributed by atoms with Crippen molar-refractivity contribution < 1.29 is 4.39 Å². The van der Waals surface area contributed by atoms with E-state index < -0.39 is 0 Å². The molecule has 0 saturated heterocycles. The van der Waals surface area contributed by atoms with Crippen molar-refractivity contribution in [2.75, 3.05) is 0 Å². The van der Waals surface area contributed by atoms with Gasteiger partial charge in [0.15, 0.2) is 0 Å². The fraction of sp³-hybridized carbons (Fsp3) is 0.488. The van der Waals surface area contributed by atoms with Crippen molar-refractivity contribution in [1.82, 2.24) is 4.98 Å². The number of hydrogen-bond donors (Lipinski definition) is 0. The Morgan fingerprint density at radius 2 is 1.59 bits per heavy atom. The molecule has 3 heteroatoms. The summed E-state index contributed by atoms with van der Waals surface area (Å²) in [7, 11) is 0. The van der Waals surface area contributed by atoms with Crippen LogP contribution in [0.4, 0.5) is 4.39 Å². The zero-order valence-corrected chi connectivity index (χ0v) is 31.7. The lowest BCUT2D eigenvalue weighted by Crippen LogP contribution is -1.95. The molecule has 0 fully saturated rings. The van der Waals surface area contributed by atoms with Crippen LogP contribution in [0.25, 0.3) is 5.57 Å². The highest BCUT2D eigenvalue weighted by atomic mass is 19.1. The molecule has 1 heterocycles. The third-order valence-electron chi connectivity index (χ3n) is 6.02. The smallest absolute Gasteiger partial charge is 0.123 e. The minimum atomic E-state index is -0.133. The number of halogens is 1. The topological polar surface area (TPSA) is 36.7 Å².